The maximum Gasteiger partial charge on any atom is 0.238 e. The molecule has 1 unspecified atom stereocenters. The Morgan fingerprint density at radius 2 is 1.93 bits per heavy atom. The van der Waals surface area contributed by atoms with Crippen molar-refractivity contribution in [2.45, 2.75) is 30.0 Å². The van der Waals surface area contributed by atoms with E-state index in [0.29, 0.717) is 35.3 Å². The first-order chi connectivity index (χ1) is 13.9. The highest BCUT2D eigenvalue weighted by molar-refractivity contribution is 8.01. The summed E-state index contributed by atoms with van der Waals surface area (Å²) in [5, 5.41) is 2.93. The van der Waals surface area contributed by atoms with Crippen LogP contribution in [0, 0.1) is 0 Å². The molecule has 0 bridgehead atoms. The summed E-state index contributed by atoms with van der Waals surface area (Å²) in [6.07, 6.45) is 0.125. The molecule has 2 aromatic rings. The van der Waals surface area contributed by atoms with Crippen LogP contribution in [0.25, 0.3) is 0 Å². The number of amides is 2. The molecule has 0 spiro atoms. The molecule has 154 valence electrons. The number of nitrogens with zero attached hydrogens (tertiary/aromatic N) is 1. The zero-order valence-corrected chi connectivity index (χ0v) is 18.1. The molecule has 1 aliphatic heterocycles. The summed E-state index contributed by atoms with van der Waals surface area (Å²) in [5.41, 5.74) is 1.62. The van der Waals surface area contributed by atoms with Gasteiger partial charge >= 0.3 is 0 Å². The molecule has 0 saturated carbocycles. The number of hydrogen-bond donors (Lipinski definition) is 1. The summed E-state index contributed by atoms with van der Waals surface area (Å²) in [6.45, 7) is 2.89. The summed E-state index contributed by atoms with van der Waals surface area (Å²) in [5.74, 6) is 0.998. The first kappa shape index (κ1) is 21.3. The standard InChI is InChI=1S/C21H23ClN2O4S/c1-4-24(12-13-5-7-16(27-2)17(9-13)28-3)20(25)11-19-21(26)23-15-10-14(22)6-8-18(15)29-19/h5-10,19H,4,11-12H2,1-3H3,(H,23,26). The molecule has 0 saturated heterocycles. The Morgan fingerprint density at radius 1 is 1.17 bits per heavy atom. The van der Waals surface area contributed by atoms with E-state index in [-0.39, 0.29) is 18.2 Å². The van der Waals surface area contributed by atoms with Gasteiger partial charge in [-0.05, 0) is 42.8 Å². The minimum atomic E-state index is -0.476. The Balaban J connectivity index is 1.68. The monoisotopic (exact) mass is 434 g/mol. The van der Waals surface area contributed by atoms with Crippen LogP contribution in [0.4, 0.5) is 5.69 Å². The van der Waals surface area contributed by atoms with Crippen LogP contribution in [-0.2, 0) is 16.1 Å². The van der Waals surface area contributed by atoms with Gasteiger partial charge in [0.1, 0.15) is 0 Å². The van der Waals surface area contributed by atoms with Crippen molar-refractivity contribution in [1.82, 2.24) is 4.90 Å². The lowest BCUT2D eigenvalue weighted by Crippen LogP contribution is -2.37. The third-order valence-corrected chi connectivity index (χ3v) is 6.19. The van der Waals surface area contributed by atoms with Crippen LogP contribution in [0.3, 0.4) is 0 Å². The van der Waals surface area contributed by atoms with Gasteiger partial charge in [-0.25, -0.2) is 0 Å². The van der Waals surface area contributed by atoms with Crippen molar-refractivity contribution in [3.05, 3.63) is 47.0 Å². The molecule has 1 heterocycles. The van der Waals surface area contributed by atoms with E-state index < -0.39 is 5.25 Å². The summed E-state index contributed by atoms with van der Waals surface area (Å²) < 4.78 is 10.6. The average molecular weight is 435 g/mol. The van der Waals surface area contributed by atoms with Crippen LogP contribution in [0.5, 0.6) is 11.5 Å². The molecule has 0 radical (unpaired) electrons. The number of methoxy groups -OCH3 is 2. The number of halogens is 1. The number of anilines is 1. The van der Waals surface area contributed by atoms with Crippen LogP contribution in [0.2, 0.25) is 5.02 Å². The van der Waals surface area contributed by atoms with Gasteiger partial charge in [-0.3, -0.25) is 9.59 Å². The fraction of sp³-hybridized carbons (Fsp3) is 0.333. The third-order valence-electron chi connectivity index (χ3n) is 4.68. The molecule has 2 aromatic carbocycles. The maximum atomic E-state index is 12.9. The zero-order chi connectivity index (χ0) is 21.0. The molecule has 0 aliphatic carbocycles. The lowest BCUT2D eigenvalue weighted by Gasteiger charge is -2.27. The molecule has 2 amide bonds. The second-order valence-electron chi connectivity index (χ2n) is 6.54. The number of benzene rings is 2. The molecule has 6 nitrogen and oxygen atoms in total. The van der Waals surface area contributed by atoms with Gasteiger partial charge in [-0.2, -0.15) is 0 Å². The van der Waals surface area contributed by atoms with Crippen molar-refractivity contribution in [2.75, 3.05) is 26.1 Å². The van der Waals surface area contributed by atoms with Crippen molar-refractivity contribution in [1.29, 1.82) is 0 Å². The van der Waals surface area contributed by atoms with Gasteiger partial charge < -0.3 is 19.7 Å². The Morgan fingerprint density at radius 3 is 2.62 bits per heavy atom. The predicted octanol–water partition coefficient (Wildman–Crippen LogP) is 4.21. The molecular formula is C21H23ClN2O4S. The molecule has 1 atom stereocenters. The minimum absolute atomic E-state index is 0.0765. The van der Waals surface area contributed by atoms with Crippen molar-refractivity contribution < 1.29 is 19.1 Å². The molecule has 8 heteroatoms. The van der Waals surface area contributed by atoms with Crippen LogP contribution in [0.15, 0.2) is 41.3 Å². The van der Waals surface area contributed by atoms with Gasteiger partial charge in [0, 0.05) is 29.4 Å². The number of nitrogens with one attached hydrogen (secondary N) is 1. The fourth-order valence-corrected chi connectivity index (χ4v) is 4.37. The van der Waals surface area contributed by atoms with Gasteiger partial charge in [-0.1, -0.05) is 17.7 Å². The van der Waals surface area contributed by atoms with Crippen LogP contribution in [0.1, 0.15) is 18.9 Å². The van der Waals surface area contributed by atoms with E-state index in [0.717, 1.165) is 10.5 Å². The van der Waals surface area contributed by atoms with Crippen molar-refractivity contribution in [2.24, 2.45) is 0 Å². The molecule has 0 fully saturated rings. The van der Waals surface area contributed by atoms with Gasteiger partial charge in [0.15, 0.2) is 11.5 Å². The first-order valence-corrected chi connectivity index (χ1v) is 10.5. The Hall–Kier alpha value is -2.38. The highest BCUT2D eigenvalue weighted by Gasteiger charge is 2.30. The van der Waals surface area contributed by atoms with Gasteiger partial charge in [0.25, 0.3) is 0 Å². The van der Waals surface area contributed by atoms with E-state index >= 15 is 0 Å². The summed E-state index contributed by atoms with van der Waals surface area (Å²) in [7, 11) is 3.16. The van der Waals surface area contributed by atoms with Crippen LogP contribution in [-0.4, -0.2) is 42.7 Å². The van der Waals surface area contributed by atoms with Crippen molar-refractivity contribution in [3.8, 4) is 11.5 Å². The van der Waals surface area contributed by atoms with E-state index in [4.69, 9.17) is 21.1 Å². The third kappa shape index (κ3) is 4.97. The van der Waals surface area contributed by atoms with E-state index in [1.807, 2.05) is 31.2 Å². The molecule has 1 N–H and O–H groups in total. The second kappa shape index (κ2) is 9.41. The Labute approximate surface area is 179 Å². The predicted molar refractivity (Wildman–Crippen MR) is 115 cm³/mol. The quantitative estimate of drug-likeness (QED) is 0.707. The van der Waals surface area contributed by atoms with Crippen LogP contribution < -0.4 is 14.8 Å². The minimum Gasteiger partial charge on any atom is -0.493 e. The number of carbonyl (C=O) groups is 2. The summed E-state index contributed by atoms with van der Waals surface area (Å²) in [4.78, 5) is 28.0. The van der Waals surface area contributed by atoms with Gasteiger partial charge in [0.2, 0.25) is 11.8 Å². The normalized spacial score (nSPS) is 15.3. The number of hydrogen-bond acceptors (Lipinski definition) is 5. The second-order valence-corrected chi connectivity index (χ2v) is 8.22. The highest BCUT2D eigenvalue weighted by atomic mass is 35.5. The van der Waals surface area contributed by atoms with Gasteiger partial charge in [0.05, 0.1) is 25.2 Å². The maximum absolute atomic E-state index is 12.9. The zero-order valence-electron chi connectivity index (χ0n) is 16.5. The van der Waals surface area contributed by atoms with Crippen molar-refractivity contribution >= 4 is 40.9 Å². The molecule has 3 rings (SSSR count). The van der Waals surface area contributed by atoms with Gasteiger partial charge in [-0.15, -0.1) is 11.8 Å². The van der Waals surface area contributed by atoms with Crippen molar-refractivity contribution in [3.63, 3.8) is 0 Å². The number of carbonyl (C=O) groups excluding carboxylic acids is 2. The molecule has 1 aliphatic rings. The van der Waals surface area contributed by atoms with Crippen LogP contribution >= 0.6 is 23.4 Å². The summed E-state index contributed by atoms with van der Waals surface area (Å²) in [6, 6.07) is 10.9. The topological polar surface area (TPSA) is 67.9 Å². The lowest BCUT2D eigenvalue weighted by atomic mass is 10.1. The number of rotatable bonds is 7. The number of thioether (sulfide) groups is 1. The SMILES string of the molecule is CCN(Cc1ccc(OC)c(OC)c1)C(=O)CC1Sc2ccc(Cl)cc2NC1=O. The van der Waals surface area contributed by atoms with E-state index in [1.54, 1.807) is 31.3 Å². The lowest BCUT2D eigenvalue weighted by molar-refractivity contribution is -0.133. The number of fused-ring (bicyclic) bond motifs is 1. The number of ether oxygens (including phenoxy) is 2. The van der Waals surface area contributed by atoms with E-state index in [2.05, 4.69) is 5.32 Å². The Bertz CT molecular complexity index is 922. The van der Waals surface area contributed by atoms with E-state index in [9.17, 15) is 9.59 Å². The highest BCUT2D eigenvalue weighted by Crippen LogP contribution is 2.38. The largest absolute Gasteiger partial charge is 0.493 e. The molecule has 29 heavy (non-hydrogen) atoms. The first-order valence-electron chi connectivity index (χ1n) is 9.21. The molecule has 0 aromatic heterocycles. The fourth-order valence-electron chi connectivity index (χ4n) is 3.12. The summed E-state index contributed by atoms with van der Waals surface area (Å²) >= 11 is 7.38. The molecular weight excluding hydrogens is 412 g/mol. The Kier molecular flexibility index (Phi) is 6.92. The smallest absolute Gasteiger partial charge is 0.238 e. The average Bonchev–Trinajstić information content (AvgIpc) is 2.72. The van der Waals surface area contributed by atoms with E-state index in [1.165, 1.54) is 11.8 Å².